The lowest BCUT2D eigenvalue weighted by atomic mass is 10.1. The number of non-ortho nitro benzene ring substituents is 1. The molecule has 1 aromatic carbocycles. The standard InChI is InChI=1S/C12H15ClN2O3/c1-18-11-8-9(15(16)17)7-10(13)12(11)14-5-3-2-4-6-14/h7-8H,2-6H2,1H3. The molecule has 0 aromatic heterocycles. The molecule has 0 bridgehead atoms. The summed E-state index contributed by atoms with van der Waals surface area (Å²) in [5, 5.41) is 11.2. The van der Waals surface area contributed by atoms with E-state index in [1.165, 1.54) is 25.7 Å². The van der Waals surface area contributed by atoms with Crippen LogP contribution in [-0.4, -0.2) is 25.1 Å². The van der Waals surface area contributed by atoms with Crippen LogP contribution in [0.4, 0.5) is 11.4 Å². The monoisotopic (exact) mass is 270 g/mol. The highest BCUT2D eigenvalue weighted by molar-refractivity contribution is 6.34. The van der Waals surface area contributed by atoms with Crippen LogP contribution < -0.4 is 9.64 Å². The number of nitro groups is 1. The van der Waals surface area contributed by atoms with Crippen molar-refractivity contribution in [1.29, 1.82) is 0 Å². The van der Waals surface area contributed by atoms with Crippen LogP contribution >= 0.6 is 11.6 Å². The summed E-state index contributed by atoms with van der Waals surface area (Å²) in [7, 11) is 1.50. The van der Waals surface area contributed by atoms with Crippen LogP contribution in [0.1, 0.15) is 19.3 Å². The van der Waals surface area contributed by atoms with E-state index >= 15 is 0 Å². The third-order valence-electron chi connectivity index (χ3n) is 3.12. The number of hydrogen-bond donors (Lipinski definition) is 0. The quantitative estimate of drug-likeness (QED) is 0.625. The smallest absolute Gasteiger partial charge is 0.274 e. The van der Waals surface area contributed by atoms with E-state index in [1.807, 2.05) is 0 Å². The highest BCUT2D eigenvalue weighted by Gasteiger charge is 2.22. The predicted molar refractivity (Wildman–Crippen MR) is 70.7 cm³/mol. The van der Waals surface area contributed by atoms with Crippen LogP contribution in [0.25, 0.3) is 0 Å². The van der Waals surface area contributed by atoms with Crippen LogP contribution in [0.15, 0.2) is 12.1 Å². The Morgan fingerprint density at radius 1 is 1.33 bits per heavy atom. The summed E-state index contributed by atoms with van der Waals surface area (Å²) in [5.41, 5.74) is 0.724. The number of methoxy groups -OCH3 is 1. The molecule has 0 radical (unpaired) electrons. The average Bonchev–Trinajstić information content (AvgIpc) is 2.38. The van der Waals surface area contributed by atoms with Gasteiger partial charge in [-0.25, -0.2) is 0 Å². The predicted octanol–water partition coefficient (Wildman–Crippen LogP) is 3.25. The van der Waals surface area contributed by atoms with Gasteiger partial charge in [-0.1, -0.05) is 11.6 Å². The molecule has 1 saturated heterocycles. The molecule has 0 atom stereocenters. The topological polar surface area (TPSA) is 55.6 Å². The fourth-order valence-corrected chi connectivity index (χ4v) is 2.57. The normalized spacial score (nSPS) is 15.6. The summed E-state index contributed by atoms with van der Waals surface area (Å²) >= 11 is 6.16. The molecular formula is C12H15ClN2O3. The van der Waals surface area contributed by atoms with E-state index in [4.69, 9.17) is 16.3 Å². The first-order chi connectivity index (χ1) is 8.63. The number of benzene rings is 1. The second-order valence-electron chi connectivity index (χ2n) is 4.28. The summed E-state index contributed by atoms with van der Waals surface area (Å²) in [6.07, 6.45) is 3.43. The van der Waals surface area contributed by atoms with Crippen molar-refractivity contribution >= 4 is 23.0 Å². The van der Waals surface area contributed by atoms with Crippen LogP contribution in [0.5, 0.6) is 5.75 Å². The van der Waals surface area contributed by atoms with E-state index in [1.54, 1.807) is 0 Å². The minimum absolute atomic E-state index is 0.0439. The molecule has 1 heterocycles. The molecule has 1 aliphatic heterocycles. The molecule has 0 spiro atoms. The van der Waals surface area contributed by atoms with Crippen LogP contribution in [0.3, 0.4) is 0 Å². The van der Waals surface area contributed by atoms with Crippen LogP contribution in [0.2, 0.25) is 5.02 Å². The summed E-state index contributed by atoms with van der Waals surface area (Å²) in [4.78, 5) is 12.5. The number of anilines is 1. The second-order valence-corrected chi connectivity index (χ2v) is 4.69. The first kappa shape index (κ1) is 13.0. The number of ether oxygens (including phenoxy) is 1. The molecule has 0 amide bonds. The number of rotatable bonds is 3. The lowest BCUT2D eigenvalue weighted by Gasteiger charge is -2.30. The van der Waals surface area contributed by atoms with Gasteiger partial charge < -0.3 is 9.64 Å². The zero-order valence-corrected chi connectivity index (χ0v) is 10.9. The third-order valence-corrected chi connectivity index (χ3v) is 3.40. The zero-order valence-electron chi connectivity index (χ0n) is 10.2. The molecule has 6 heteroatoms. The summed E-state index contributed by atoms with van der Waals surface area (Å²) < 4.78 is 5.24. The Kier molecular flexibility index (Phi) is 3.91. The Balaban J connectivity index is 2.42. The van der Waals surface area contributed by atoms with Gasteiger partial charge in [0.1, 0.15) is 0 Å². The van der Waals surface area contributed by atoms with Crippen molar-refractivity contribution in [3.8, 4) is 5.75 Å². The Hall–Kier alpha value is -1.49. The first-order valence-corrected chi connectivity index (χ1v) is 6.28. The van der Waals surface area contributed by atoms with E-state index < -0.39 is 4.92 Å². The molecule has 18 heavy (non-hydrogen) atoms. The van der Waals surface area contributed by atoms with E-state index in [0.717, 1.165) is 31.6 Å². The number of halogens is 1. The highest BCUT2D eigenvalue weighted by Crippen LogP contribution is 2.40. The minimum Gasteiger partial charge on any atom is -0.494 e. The lowest BCUT2D eigenvalue weighted by Crippen LogP contribution is -2.30. The van der Waals surface area contributed by atoms with Gasteiger partial charge in [-0.3, -0.25) is 10.1 Å². The second kappa shape index (κ2) is 5.44. The molecule has 1 aromatic rings. The van der Waals surface area contributed by atoms with Crippen molar-refractivity contribution in [2.24, 2.45) is 0 Å². The molecule has 0 unspecified atom stereocenters. The van der Waals surface area contributed by atoms with Crippen LogP contribution in [0, 0.1) is 10.1 Å². The Bertz CT molecular complexity index is 459. The minimum atomic E-state index is -0.464. The van der Waals surface area contributed by atoms with Crippen molar-refractivity contribution in [2.45, 2.75) is 19.3 Å². The van der Waals surface area contributed by atoms with Crippen LogP contribution in [-0.2, 0) is 0 Å². The molecule has 98 valence electrons. The molecular weight excluding hydrogens is 256 g/mol. The maximum absolute atomic E-state index is 10.8. The summed E-state index contributed by atoms with van der Waals surface area (Å²) in [6.45, 7) is 1.82. The van der Waals surface area contributed by atoms with E-state index in [-0.39, 0.29) is 5.69 Å². The van der Waals surface area contributed by atoms with Gasteiger partial charge in [0.25, 0.3) is 5.69 Å². The van der Waals surface area contributed by atoms with E-state index in [0.29, 0.717) is 10.8 Å². The summed E-state index contributed by atoms with van der Waals surface area (Å²) in [6, 6.07) is 2.81. The average molecular weight is 271 g/mol. The molecule has 1 fully saturated rings. The van der Waals surface area contributed by atoms with Gasteiger partial charge in [-0.2, -0.15) is 0 Å². The van der Waals surface area contributed by atoms with Gasteiger partial charge in [0, 0.05) is 19.2 Å². The number of nitro benzene ring substituents is 1. The van der Waals surface area contributed by atoms with Crippen molar-refractivity contribution in [2.75, 3.05) is 25.1 Å². The molecule has 0 saturated carbocycles. The SMILES string of the molecule is COc1cc([N+](=O)[O-])cc(Cl)c1N1CCCCC1. The molecule has 5 nitrogen and oxygen atoms in total. The molecule has 2 rings (SSSR count). The van der Waals surface area contributed by atoms with Gasteiger partial charge in [0.05, 0.1) is 28.8 Å². The largest absolute Gasteiger partial charge is 0.494 e. The molecule has 0 N–H and O–H groups in total. The molecule has 0 aliphatic carbocycles. The fraction of sp³-hybridized carbons (Fsp3) is 0.500. The van der Waals surface area contributed by atoms with Gasteiger partial charge in [0.15, 0.2) is 5.75 Å². The van der Waals surface area contributed by atoms with Gasteiger partial charge in [0.2, 0.25) is 0 Å². The third kappa shape index (κ3) is 2.51. The van der Waals surface area contributed by atoms with Crippen molar-refractivity contribution in [1.82, 2.24) is 0 Å². The number of piperidine rings is 1. The lowest BCUT2D eigenvalue weighted by molar-refractivity contribution is -0.384. The van der Waals surface area contributed by atoms with Crippen molar-refractivity contribution < 1.29 is 9.66 Å². The Morgan fingerprint density at radius 3 is 2.56 bits per heavy atom. The number of hydrogen-bond acceptors (Lipinski definition) is 4. The van der Waals surface area contributed by atoms with Crippen molar-refractivity contribution in [3.05, 3.63) is 27.3 Å². The van der Waals surface area contributed by atoms with Gasteiger partial charge >= 0.3 is 0 Å². The summed E-state index contributed by atoms with van der Waals surface area (Å²) in [5.74, 6) is 0.469. The zero-order chi connectivity index (χ0) is 13.1. The number of nitrogens with zero attached hydrogens (tertiary/aromatic N) is 2. The maximum Gasteiger partial charge on any atom is 0.274 e. The highest BCUT2D eigenvalue weighted by atomic mass is 35.5. The maximum atomic E-state index is 10.8. The van der Waals surface area contributed by atoms with Gasteiger partial charge in [-0.05, 0) is 19.3 Å². The van der Waals surface area contributed by atoms with Crippen molar-refractivity contribution in [3.63, 3.8) is 0 Å². The first-order valence-electron chi connectivity index (χ1n) is 5.90. The van der Waals surface area contributed by atoms with E-state index in [9.17, 15) is 10.1 Å². The van der Waals surface area contributed by atoms with Gasteiger partial charge in [-0.15, -0.1) is 0 Å². The molecule has 1 aliphatic rings. The Morgan fingerprint density at radius 2 is 2.00 bits per heavy atom. The van der Waals surface area contributed by atoms with E-state index in [2.05, 4.69) is 4.90 Å². The Labute approximate surface area is 110 Å². The fourth-order valence-electron chi connectivity index (χ4n) is 2.25.